The van der Waals surface area contributed by atoms with Crippen LogP contribution >= 0.6 is 0 Å². The number of benzene rings is 1. The Morgan fingerprint density at radius 3 is 2.65 bits per heavy atom. The van der Waals surface area contributed by atoms with Gasteiger partial charge in [-0.25, -0.2) is 9.07 Å². The molecule has 0 bridgehead atoms. The summed E-state index contributed by atoms with van der Waals surface area (Å²) < 4.78 is 54.1. The number of hydrogen-bond donors (Lipinski definition) is 2. The van der Waals surface area contributed by atoms with Crippen LogP contribution in [-0.2, 0) is 17.5 Å². The van der Waals surface area contributed by atoms with E-state index in [0.717, 1.165) is 17.3 Å². The normalized spacial score (nSPS) is 11.4. The van der Waals surface area contributed by atoms with Crippen LogP contribution in [0.15, 0.2) is 36.5 Å². The van der Waals surface area contributed by atoms with E-state index in [1.165, 1.54) is 13.0 Å². The summed E-state index contributed by atoms with van der Waals surface area (Å²) >= 11 is 0. The predicted molar refractivity (Wildman–Crippen MR) is 106 cm³/mol. The molecule has 11 heteroatoms. The third-order valence-electron chi connectivity index (χ3n) is 4.28. The number of aryl methyl sites for hydroxylation is 2. The second-order valence-corrected chi connectivity index (χ2v) is 6.82. The number of alkyl halides is 3. The van der Waals surface area contributed by atoms with Gasteiger partial charge in [0.1, 0.15) is 5.82 Å². The first-order chi connectivity index (χ1) is 14.6. The summed E-state index contributed by atoms with van der Waals surface area (Å²) in [6.45, 7) is 4.07. The van der Waals surface area contributed by atoms with E-state index >= 15 is 0 Å². The monoisotopic (exact) mass is 436 g/mol. The molecule has 2 heterocycles. The minimum absolute atomic E-state index is 0.00146. The molecule has 0 saturated carbocycles. The number of carbonyl (C=O) groups excluding carboxylic acids is 1. The molecular formula is C20H20F4N6O. The minimum atomic E-state index is -4.82. The van der Waals surface area contributed by atoms with Gasteiger partial charge in [0, 0.05) is 43.2 Å². The van der Waals surface area contributed by atoms with Crippen molar-refractivity contribution in [2.75, 3.05) is 11.9 Å². The molecule has 3 aromatic rings. The Kier molecular flexibility index (Phi) is 6.52. The molecule has 2 N–H and O–H groups in total. The van der Waals surface area contributed by atoms with Crippen LogP contribution in [0.1, 0.15) is 24.6 Å². The van der Waals surface area contributed by atoms with Gasteiger partial charge in [-0.2, -0.15) is 18.2 Å². The number of amides is 1. The molecule has 0 radical (unpaired) electrons. The SMILES string of the molecule is CC(=O)NCCCn1nc(Nc2ccc(F)c(C(F)(F)F)c2)nc1-c1ccnc(C)c1. The first-order valence-corrected chi connectivity index (χ1v) is 9.39. The third-order valence-corrected chi connectivity index (χ3v) is 4.28. The first kappa shape index (κ1) is 22.2. The first-order valence-electron chi connectivity index (χ1n) is 9.39. The Morgan fingerprint density at radius 2 is 1.97 bits per heavy atom. The zero-order chi connectivity index (χ0) is 22.6. The van der Waals surface area contributed by atoms with Crippen molar-refractivity contribution in [1.82, 2.24) is 25.1 Å². The van der Waals surface area contributed by atoms with Gasteiger partial charge in [0.15, 0.2) is 5.82 Å². The van der Waals surface area contributed by atoms with Crippen molar-refractivity contribution >= 4 is 17.5 Å². The van der Waals surface area contributed by atoms with Gasteiger partial charge < -0.3 is 10.6 Å². The molecule has 0 aliphatic rings. The minimum Gasteiger partial charge on any atom is -0.356 e. The smallest absolute Gasteiger partial charge is 0.356 e. The van der Waals surface area contributed by atoms with Gasteiger partial charge in [0.2, 0.25) is 11.9 Å². The van der Waals surface area contributed by atoms with Crippen LogP contribution in [0.2, 0.25) is 0 Å². The Balaban J connectivity index is 1.89. The summed E-state index contributed by atoms with van der Waals surface area (Å²) in [7, 11) is 0. The quantitative estimate of drug-likeness (QED) is 0.431. The van der Waals surface area contributed by atoms with E-state index in [-0.39, 0.29) is 17.5 Å². The molecule has 7 nitrogen and oxygen atoms in total. The summed E-state index contributed by atoms with van der Waals surface area (Å²) in [5.74, 6) is -0.970. The van der Waals surface area contributed by atoms with Gasteiger partial charge in [0.25, 0.3) is 0 Å². The number of hydrogen-bond acceptors (Lipinski definition) is 5. The highest BCUT2D eigenvalue weighted by Crippen LogP contribution is 2.33. The van der Waals surface area contributed by atoms with Crippen molar-refractivity contribution in [3.8, 4) is 11.4 Å². The molecule has 1 aromatic carbocycles. The topological polar surface area (TPSA) is 84.7 Å². The second kappa shape index (κ2) is 9.11. The number of carbonyl (C=O) groups is 1. The fourth-order valence-corrected chi connectivity index (χ4v) is 2.89. The van der Waals surface area contributed by atoms with Crippen LogP contribution in [0.25, 0.3) is 11.4 Å². The molecule has 0 aliphatic heterocycles. The summed E-state index contributed by atoms with van der Waals surface area (Å²) in [6.07, 6.45) is -2.64. The molecule has 164 valence electrons. The average molecular weight is 436 g/mol. The molecule has 2 aromatic heterocycles. The van der Waals surface area contributed by atoms with E-state index in [4.69, 9.17) is 0 Å². The lowest BCUT2D eigenvalue weighted by molar-refractivity contribution is -0.140. The Morgan fingerprint density at radius 1 is 1.19 bits per heavy atom. The average Bonchev–Trinajstić information content (AvgIpc) is 3.08. The molecule has 0 fully saturated rings. The zero-order valence-corrected chi connectivity index (χ0v) is 16.8. The lowest BCUT2D eigenvalue weighted by Gasteiger charge is -2.10. The van der Waals surface area contributed by atoms with Crippen molar-refractivity contribution in [2.24, 2.45) is 0 Å². The summed E-state index contributed by atoms with van der Waals surface area (Å²) in [6, 6.07) is 6.13. The maximum absolute atomic E-state index is 13.5. The van der Waals surface area contributed by atoms with E-state index in [1.54, 1.807) is 23.0 Å². The van der Waals surface area contributed by atoms with Crippen LogP contribution < -0.4 is 10.6 Å². The van der Waals surface area contributed by atoms with Crippen LogP contribution in [0, 0.1) is 12.7 Å². The molecule has 0 unspecified atom stereocenters. The number of pyridine rings is 1. The lowest BCUT2D eigenvalue weighted by Crippen LogP contribution is -2.22. The van der Waals surface area contributed by atoms with Crippen LogP contribution in [0.4, 0.5) is 29.2 Å². The highest BCUT2D eigenvalue weighted by molar-refractivity contribution is 5.72. The Hall–Kier alpha value is -3.50. The molecule has 0 atom stereocenters. The van der Waals surface area contributed by atoms with E-state index in [9.17, 15) is 22.4 Å². The molecule has 31 heavy (non-hydrogen) atoms. The molecule has 0 spiro atoms. The number of aromatic nitrogens is 4. The molecule has 0 saturated heterocycles. The molecule has 3 rings (SSSR count). The fraction of sp³-hybridized carbons (Fsp3) is 0.300. The van der Waals surface area contributed by atoms with E-state index in [1.807, 2.05) is 6.92 Å². The lowest BCUT2D eigenvalue weighted by atomic mass is 10.2. The van der Waals surface area contributed by atoms with Gasteiger partial charge in [-0.1, -0.05) is 0 Å². The summed E-state index contributed by atoms with van der Waals surface area (Å²) in [5, 5.41) is 9.72. The molecule has 1 amide bonds. The van der Waals surface area contributed by atoms with E-state index in [0.29, 0.717) is 31.4 Å². The summed E-state index contributed by atoms with van der Waals surface area (Å²) in [5.41, 5.74) is 0.106. The number of nitrogens with one attached hydrogen (secondary N) is 2. The second-order valence-electron chi connectivity index (χ2n) is 6.82. The number of nitrogens with zero attached hydrogens (tertiary/aromatic N) is 4. The van der Waals surface area contributed by atoms with Gasteiger partial charge in [-0.15, -0.1) is 5.10 Å². The number of anilines is 2. The van der Waals surface area contributed by atoms with Gasteiger partial charge in [0.05, 0.1) is 5.56 Å². The van der Waals surface area contributed by atoms with Crippen LogP contribution in [0.3, 0.4) is 0 Å². The Labute approximate surface area is 175 Å². The van der Waals surface area contributed by atoms with Gasteiger partial charge >= 0.3 is 6.18 Å². The third kappa shape index (κ3) is 5.77. The maximum Gasteiger partial charge on any atom is 0.419 e. The van der Waals surface area contributed by atoms with Crippen molar-refractivity contribution in [3.63, 3.8) is 0 Å². The molecular weight excluding hydrogens is 416 g/mol. The van der Waals surface area contributed by atoms with Crippen LogP contribution in [-0.4, -0.2) is 32.2 Å². The highest BCUT2D eigenvalue weighted by Gasteiger charge is 2.34. The van der Waals surface area contributed by atoms with E-state index < -0.39 is 17.6 Å². The maximum atomic E-state index is 13.5. The van der Waals surface area contributed by atoms with Crippen molar-refractivity contribution in [2.45, 2.75) is 33.0 Å². The Bertz CT molecular complexity index is 1080. The standard InChI is InChI=1S/C20H20F4N6O/c1-12-10-14(6-8-25-12)18-28-19(29-30(18)9-3-7-26-13(2)31)27-15-4-5-17(21)16(11-15)20(22,23)24/h4-6,8,10-11H,3,7,9H2,1-2H3,(H,26,31)(H,27,29). The number of rotatable bonds is 7. The molecule has 0 aliphatic carbocycles. The fourth-order valence-electron chi connectivity index (χ4n) is 2.89. The predicted octanol–water partition coefficient (Wildman–Crippen LogP) is 4.08. The van der Waals surface area contributed by atoms with Crippen molar-refractivity contribution in [3.05, 3.63) is 53.6 Å². The van der Waals surface area contributed by atoms with E-state index in [2.05, 4.69) is 25.7 Å². The zero-order valence-electron chi connectivity index (χ0n) is 16.8. The summed E-state index contributed by atoms with van der Waals surface area (Å²) in [4.78, 5) is 19.6. The van der Waals surface area contributed by atoms with Crippen molar-refractivity contribution in [1.29, 1.82) is 0 Å². The largest absolute Gasteiger partial charge is 0.419 e. The van der Waals surface area contributed by atoms with Crippen LogP contribution in [0.5, 0.6) is 0 Å². The number of halogens is 4. The van der Waals surface area contributed by atoms with Gasteiger partial charge in [-0.3, -0.25) is 9.78 Å². The van der Waals surface area contributed by atoms with Gasteiger partial charge in [-0.05, 0) is 43.7 Å². The highest BCUT2D eigenvalue weighted by atomic mass is 19.4. The van der Waals surface area contributed by atoms with Crippen molar-refractivity contribution < 1.29 is 22.4 Å².